The Morgan fingerprint density at radius 3 is 3.00 bits per heavy atom. The van der Waals surface area contributed by atoms with Crippen molar-refractivity contribution in [1.82, 2.24) is 0 Å². The number of hydrogen-bond donors (Lipinski definition) is 1. The number of carbonyl (C=O) groups is 1. The van der Waals surface area contributed by atoms with Gasteiger partial charge < -0.3 is 9.84 Å². The van der Waals surface area contributed by atoms with E-state index in [1.54, 1.807) is 7.11 Å². The highest BCUT2D eigenvalue weighted by Crippen LogP contribution is 2.30. The summed E-state index contributed by atoms with van der Waals surface area (Å²) in [6, 6.07) is 6.20. The molecule has 3 heteroatoms. The van der Waals surface area contributed by atoms with Crippen molar-refractivity contribution < 1.29 is 14.6 Å². The minimum Gasteiger partial charge on any atom is -0.497 e. The van der Waals surface area contributed by atoms with Crippen LogP contribution in [0.3, 0.4) is 0 Å². The first-order valence-electron chi connectivity index (χ1n) is 6.06. The molecule has 1 aliphatic carbocycles. The highest BCUT2D eigenvalue weighted by molar-refractivity contribution is 5.66. The second-order valence-corrected chi connectivity index (χ2v) is 4.68. The van der Waals surface area contributed by atoms with Gasteiger partial charge in [-0.3, -0.25) is 4.79 Å². The van der Waals surface area contributed by atoms with Crippen molar-refractivity contribution in [3.05, 3.63) is 29.3 Å². The molecule has 0 bridgehead atoms. The van der Waals surface area contributed by atoms with Crippen molar-refractivity contribution in [2.75, 3.05) is 7.11 Å². The number of fused-ring (bicyclic) bond motifs is 1. The number of rotatable bonds is 4. The van der Waals surface area contributed by atoms with E-state index in [4.69, 9.17) is 9.84 Å². The van der Waals surface area contributed by atoms with Crippen LogP contribution in [0.4, 0.5) is 0 Å². The molecule has 1 aromatic carbocycles. The van der Waals surface area contributed by atoms with E-state index in [2.05, 4.69) is 12.1 Å². The summed E-state index contributed by atoms with van der Waals surface area (Å²) in [4.78, 5) is 10.6. The highest BCUT2D eigenvalue weighted by Gasteiger charge is 2.19. The van der Waals surface area contributed by atoms with Crippen molar-refractivity contribution in [3.63, 3.8) is 0 Å². The summed E-state index contributed by atoms with van der Waals surface area (Å²) in [5, 5.41) is 8.69. The number of aryl methyl sites for hydroxylation is 1. The van der Waals surface area contributed by atoms with E-state index in [0.29, 0.717) is 5.92 Å². The van der Waals surface area contributed by atoms with Gasteiger partial charge >= 0.3 is 5.97 Å². The zero-order valence-corrected chi connectivity index (χ0v) is 10.1. The molecule has 2 rings (SSSR count). The van der Waals surface area contributed by atoms with Crippen LogP contribution in [-0.4, -0.2) is 18.2 Å². The molecule has 0 saturated carbocycles. The van der Waals surface area contributed by atoms with E-state index in [-0.39, 0.29) is 6.42 Å². The van der Waals surface area contributed by atoms with Crippen molar-refractivity contribution in [3.8, 4) is 5.75 Å². The van der Waals surface area contributed by atoms with Gasteiger partial charge in [-0.1, -0.05) is 6.07 Å². The lowest BCUT2D eigenvalue weighted by Crippen LogP contribution is -2.15. The molecule has 1 N–H and O–H groups in total. The van der Waals surface area contributed by atoms with Gasteiger partial charge in [0.2, 0.25) is 0 Å². The van der Waals surface area contributed by atoms with E-state index in [1.165, 1.54) is 11.1 Å². The van der Waals surface area contributed by atoms with Crippen molar-refractivity contribution in [2.45, 2.75) is 32.1 Å². The van der Waals surface area contributed by atoms with Crippen LogP contribution in [0.1, 0.15) is 30.4 Å². The van der Waals surface area contributed by atoms with Crippen LogP contribution in [-0.2, 0) is 17.6 Å². The van der Waals surface area contributed by atoms with E-state index in [0.717, 1.165) is 31.4 Å². The molecule has 1 atom stereocenters. The maximum absolute atomic E-state index is 10.6. The second kappa shape index (κ2) is 5.21. The Hall–Kier alpha value is -1.51. The van der Waals surface area contributed by atoms with Crippen molar-refractivity contribution >= 4 is 5.97 Å². The van der Waals surface area contributed by atoms with E-state index in [9.17, 15) is 4.79 Å². The molecule has 1 unspecified atom stereocenters. The van der Waals surface area contributed by atoms with Crippen molar-refractivity contribution in [2.24, 2.45) is 5.92 Å². The lowest BCUT2D eigenvalue weighted by atomic mass is 9.81. The molecule has 0 aromatic heterocycles. The summed E-state index contributed by atoms with van der Waals surface area (Å²) < 4.78 is 5.21. The SMILES string of the molecule is COc1ccc2c(c1)CCC(CCC(=O)O)C2. The molecule has 0 fully saturated rings. The molecule has 1 aromatic rings. The minimum absolute atomic E-state index is 0.288. The fourth-order valence-electron chi connectivity index (χ4n) is 2.51. The minimum atomic E-state index is -0.689. The molecule has 92 valence electrons. The average Bonchev–Trinajstić information content (AvgIpc) is 2.35. The zero-order valence-electron chi connectivity index (χ0n) is 10.1. The molecule has 17 heavy (non-hydrogen) atoms. The Morgan fingerprint density at radius 2 is 2.29 bits per heavy atom. The summed E-state index contributed by atoms with van der Waals surface area (Å²) in [6.45, 7) is 0. The van der Waals surface area contributed by atoms with Gasteiger partial charge in [0, 0.05) is 6.42 Å². The maximum Gasteiger partial charge on any atom is 0.303 e. The third-order valence-corrected chi connectivity index (χ3v) is 3.51. The van der Waals surface area contributed by atoms with Crippen LogP contribution in [0.15, 0.2) is 18.2 Å². The molecule has 0 spiro atoms. The van der Waals surface area contributed by atoms with Gasteiger partial charge in [0.25, 0.3) is 0 Å². The molecular weight excluding hydrogens is 216 g/mol. The van der Waals surface area contributed by atoms with E-state index < -0.39 is 5.97 Å². The Bertz CT molecular complexity index is 412. The van der Waals surface area contributed by atoms with E-state index >= 15 is 0 Å². The van der Waals surface area contributed by atoms with Crippen LogP contribution in [0.2, 0.25) is 0 Å². The number of hydrogen-bond acceptors (Lipinski definition) is 2. The lowest BCUT2D eigenvalue weighted by Gasteiger charge is -2.24. The standard InChI is InChI=1S/C14H18O3/c1-17-13-6-5-11-8-10(3-7-14(15)16)2-4-12(11)9-13/h5-6,9-10H,2-4,7-8H2,1H3,(H,15,16). The maximum atomic E-state index is 10.6. The summed E-state index contributed by atoms with van der Waals surface area (Å²) in [5.74, 6) is 0.741. The fraction of sp³-hybridized carbons (Fsp3) is 0.500. The number of aliphatic carboxylic acids is 1. The van der Waals surface area contributed by atoms with Crippen LogP contribution in [0, 0.1) is 5.92 Å². The number of carboxylic acid groups (broad SMARTS) is 1. The predicted octanol–water partition coefficient (Wildman–Crippen LogP) is 2.66. The quantitative estimate of drug-likeness (QED) is 0.871. The van der Waals surface area contributed by atoms with Gasteiger partial charge in [0.1, 0.15) is 5.75 Å². The molecular formula is C14H18O3. The van der Waals surface area contributed by atoms with Gasteiger partial charge in [-0.25, -0.2) is 0 Å². The van der Waals surface area contributed by atoms with Crippen LogP contribution in [0.25, 0.3) is 0 Å². The number of carboxylic acids is 1. The first-order chi connectivity index (χ1) is 8.19. The third-order valence-electron chi connectivity index (χ3n) is 3.51. The molecule has 0 amide bonds. The number of methoxy groups -OCH3 is 1. The zero-order chi connectivity index (χ0) is 12.3. The van der Waals surface area contributed by atoms with Crippen LogP contribution < -0.4 is 4.74 Å². The lowest BCUT2D eigenvalue weighted by molar-refractivity contribution is -0.137. The van der Waals surface area contributed by atoms with Gasteiger partial charge in [0.15, 0.2) is 0 Å². The summed E-state index contributed by atoms with van der Waals surface area (Å²) >= 11 is 0. The Balaban J connectivity index is 2.01. The van der Waals surface area contributed by atoms with Gasteiger partial charge in [0.05, 0.1) is 7.11 Å². The monoisotopic (exact) mass is 234 g/mol. The first kappa shape index (κ1) is 12.0. The summed E-state index contributed by atoms with van der Waals surface area (Å²) in [6.07, 6.45) is 4.22. The molecule has 1 aliphatic rings. The Morgan fingerprint density at radius 1 is 1.47 bits per heavy atom. The van der Waals surface area contributed by atoms with Crippen molar-refractivity contribution in [1.29, 1.82) is 0 Å². The normalized spacial score (nSPS) is 18.5. The predicted molar refractivity (Wildman–Crippen MR) is 65.4 cm³/mol. The number of benzene rings is 1. The summed E-state index contributed by atoms with van der Waals surface area (Å²) in [5.41, 5.74) is 2.71. The fourth-order valence-corrected chi connectivity index (χ4v) is 2.51. The average molecular weight is 234 g/mol. The first-order valence-corrected chi connectivity index (χ1v) is 6.06. The second-order valence-electron chi connectivity index (χ2n) is 4.68. The molecule has 0 heterocycles. The molecule has 0 radical (unpaired) electrons. The smallest absolute Gasteiger partial charge is 0.303 e. The third kappa shape index (κ3) is 2.99. The van der Waals surface area contributed by atoms with Gasteiger partial charge in [-0.2, -0.15) is 0 Å². The van der Waals surface area contributed by atoms with Crippen LogP contribution >= 0.6 is 0 Å². The summed E-state index contributed by atoms with van der Waals surface area (Å²) in [7, 11) is 1.68. The van der Waals surface area contributed by atoms with Gasteiger partial charge in [-0.15, -0.1) is 0 Å². The topological polar surface area (TPSA) is 46.5 Å². The Kier molecular flexibility index (Phi) is 3.67. The van der Waals surface area contributed by atoms with Crippen LogP contribution in [0.5, 0.6) is 5.75 Å². The molecule has 0 aliphatic heterocycles. The molecule has 0 saturated heterocycles. The Labute approximate surface area is 101 Å². The molecule has 3 nitrogen and oxygen atoms in total. The van der Waals surface area contributed by atoms with E-state index in [1.807, 2.05) is 6.07 Å². The van der Waals surface area contributed by atoms with Gasteiger partial charge in [-0.05, 0) is 54.9 Å². The highest BCUT2D eigenvalue weighted by atomic mass is 16.5. The largest absolute Gasteiger partial charge is 0.497 e. The number of ether oxygens (including phenoxy) is 1.